The van der Waals surface area contributed by atoms with Gasteiger partial charge in [-0.25, -0.2) is 4.39 Å². The van der Waals surface area contributed by atoms with E-state index in [1.165, 1.54) is 6.07 Å². The van der Waals surface area contributed by atoms with E-state index in [0.717, 1.165) is 22.4 Å². The van der Waals surface area contributed by atoms with Crippen LogP contribution in [0.15, 0.2) is 53.5 Å². The number of methoxy groups -OCH3 is 1. The Labute approximate surface area is 182 Å². The molecule has 7 heteroatoms. The van der Waals surface area contributed by atoms with Gasteiger partial charge in [0.25, 0.3) is 0 Å². The van der Waals surface area contributed by atoms with Gasteiger partial charge in [-0.15, -0.1) is 24.0 Å². The summed E-state index contributed by atoms with van der Waals surface area (Å²) in [5, 5.41) is 6.57. The van der Waals surface area contributed by atoms with Crippen molar-refractivity contribution in [2.24, 2.45) is 4.99 Å². The van der Waals surface area contributed by atoms with E-state index in [1.807, 2.05) is 42.7 Å². The van der Waals surface area contributed by atoms with Crippen LogP contribution < -0.4 is 10.6 Å². The molecule has 2 aromatic rings. The Balaban J connectivity index is 0.00000364. The third kappa shape index (κ3) is 7.67. The van der Waals surface area contributed by atoms with Gasteiger partial charge < -0.3 is 15.4 Å². The molecule has 4 nitrogen and oxygen atoms in total. The van der Waals surface area contributed by atoms with Gasteiger partial charge in [-0.3, -0.25) is 4.99 Å². The summed E-state index contributed by atoms with van der Waals surface area (Å²) in [5.41, 5.74) is 3.17. The Morgan fingerprint density at radius 3 is 2.52 bits per heavy atom. The lowest BCUT2D eigenvalue weighted by Crippen LogP contribution is -2.39. The summed E-state index contributed by atoms with van der Waals surface area (Å²) in [5.74, 6) is 1.26. The minimum Gasteiger partial charge on any atom is -0.375 e. The molecule has 1 unspecified atom stereocenters. The van der Waals surface area contributed by atoms with Gasteiger partial charge in [0, 0.05) is 33.0 Å². The first kappa shape index (κ1) is 23.7. The normalized spacial score (nSPS) is 12.2. The van der Waals surface area contributed by atoms with Gasteiger partial charge in [0.05, 0.1) is 6.10 Å². The van der Waals surface area contributed by atoms with Gasteiger partial charge in [0.2, 0.25) is 0 Å². The summed E-state index contributed by atoms with van der Waals surface area (Å²) >= 11 is 1.68. The second kappa shape index (κ2) is 13.0. The highest BCUT2D eigenvalue weighted by molar-refractivity contribution is 14.0. The number of ether oxygens (including phenoxy) is 1. The third-order valence-corrected chi connectivity index (χ3v) is 4.65. The smallest absolute Gasteiger partial charge is 0.191 e. The summed E-state index contributed by atoms with van der Waals surface area (Å²) in [6.45, 7) is 1.18. The molecular formula is C20H27FIN3OS. The molecule has 0 saturated heterocycles. The summed E-state index contributed by atoms with van der Waals surface area (Å²) in [6, 6.07) is 15.0. The summed E-state index contributed by atoms with van der Waals surface area (Å²) in [7, 11) is 3.43. The van der Waals surface area contributed by atoms with Crippen molar-refractivity contribution in [2.75, 3.05) is 27.0 Å². The molecule has 2 N–H and O–H groups in total. The molecule has 0 aliphatic rings. The van der Waals surface area contributed by atoms with Gasteiger partial charge in [-0.2, -0.15) is 11.8 Å². The molecular weight excluding hydrogens is 476 g/mol. The summed E-state index contributed by atoms with van der Waals surface area (Å²) < 4.78 is 19.0. The Hall–Kier alpha value is -1.32. The Kier molecular flexibility index (Phi) is 11.4. The van der Waals surface area contributed by atoms with E-state index in [1.54, 1.807) is 32.0 Å². The molecule has 0 aromatic heterocycles. The number of halogens is 2. The summed E-state index contributed by atoms with van der Waals surface area (Å²) in [6.07, 6.45) is 1.95. The van der Waals surface area contributed by atoms with E-state index in [0.29, 0.717) is 19.0 Å². The van der Waals surface area contributed by atoms with Crippen molar-refractivity contribution in [3.8, 4) is 0 Å². The molecule has 1 atom stereocenters. The quantitative estimate of drug-likeness (QED) is 0.319. The average Bonchev–Trinajstić information content (AvgIpc) is 2.67. The van der Waals surface area contributed by atoms with E-state index in [-0.39, 0.29) is 35.9 Å². The number of hydrogen-bond acceptors (Lipinski definition) is 3. The van der Waals surface area contributed by atoms with Crippen LogP contribution in [0, 0.1) is 5.82 Å². The largest absolute Gasteiger partial charge is 0.375 e. The maximum absolute atomic E-state index is 13.5. The molecule has 2 aromatic carbocycles. The van der Waals surface area contributed by atoms with E-state index >= 15 is 0 Å². The minimum atomic E-state index is -0.203. The number of aliphatic imine (C=N–C) groups is 1. The molecule has 0 aliphatic carbocycles. The molecule has 0 amide bonds. The zero-order chi connectivity index (χ0) is 18.8. The molecule has 0 saturated carbocycles. The Morgan fingerprint density at radius 2 is 1.89 bits per heavy atom. The van der Waals surface area contributed by atoms with Crippen LogP contribution in [0.2, 0.25) is 0 Å². The Morgan fingerprint density at radius 1 is 1.15 bits per heavy atom. The van der Waals surface area contributed by atoms with Crippen molar-refractivity contribution in [2.45, 2.75) is 18.4 Å². The van der Waals surface area contributed by atoms with Crippen LogP contribution in [0.5, 0.6) is 0 Å². The van der Waals surface area contributed by atoms with E-state index in [4.69, 9.17) is 4.74 Å². The maximum atomic E-state index is 13.5. The number of thioether (sulfide) groups is 1. The van der Waals surface area contributed by atoms with Gasteiger partial charge in [0.15, 0.2) is 5.96 Å². The van der Waals surface area contributed by atoms with E-state index in [9.17, 15) is 4.39 Å². The first-order valence-electron chi connectivity index (χ1n) is 8.46. The molecule has 0 heterocycles. The van der Waals surface area contributed by atoms with Gasteiger partial charge >= 0.3 is 0 Å². The topological polar surface area (TPSA) is 45.7 Å². The number of hydrogen-bond donors (Lipinski definition) is 2. The monoisotopic (exact) mass is 503 g/mol. The van der Waals surface area contributed by atoms with Crippen LogP contribution in [0.4, 0.5) is 4.39 Å². The van der Waals surface area contributed by atoms with Crippen molar-refractivity contribution in [1.29, 1.82) is 0 Å². The van der Waals surface area contributed by atoms with Crippen molar-refractivity contribution >= 4 is 41.7 Å². The number of benzene rings is 2. The lowest BCUT2D eigenvalue weighted by molar-refractivity contribution is 0.106. The highest BCUT2D eigenvalue weighted by atomic mass is 127. The van der Waals surface area contributed by atoms with E-state index < -0.39 is 0 Å². The van der Waals surface area contributed by atoms with Crippen LogP contribution in [0.3, 0.4) is 0 Å². The molecule has 0 aliphatic heterocycles. The standard InChI is InChI=1S/C20H26FN3OS.HI/c1-22-20(24-13-19(25-2)15-7-5-4-6-8-15)23-12-16-9-10-18(21)11-17(16)14-26-3;/h4-11,19H,12-14H2,1-3H3,(H2,22,23,24);1H. The predicted octanol–water partition coefficient (Wildman–Crippen LogP) is 4.36. The zero-order valence-electron chi connectivity index (χ0n) is 15.9. The van der Waals surface area contributed by atoms with Gasteiger partial charge in [-0.05, 0) is 35.1 Å². The summed E-state index contributed by atoms with van der Waals surface area (Å²) in [4.78, 5) is 4.26. The van der Waals surface area contributed by atoms with Crippen molar-refractivity contribution in [3.05, 3.63) is 71.0 Å². The molecule has 148 valence electrons. The highest BCUT2D eigenvalue weighted by Gasteiger charge is 2.11. The number of nitrogens with one attached hydrogen (secondary N) is 2. The van der Waals surface area contributed by atoms with E-state index in [2.05, 4.69) is 15.6 Å². The molecule has 27 heavy (non-hydrogen) atoms. The second-order valence-corrected chi connectivity index (χ2v) is 6.65. The van der Waals surface area contributed by atoms with Crippen LogP contribution >= 0.6 is 35.7 Å². The zero-order valence-corrected chi connectivity index (χ0v) is 19.0. The van der Waals surface area contributed by atoms with Crippen LogP contribution in [-0.2, 0) is 17.0 Å². The number of nitrogens with zero attached hydrogens (tertiary/aromatic N) is 1. The number of guanidine groups is 1. The average molecular weight is 503 g/mol. The fraction of sp³-hybridized carbons (Fsp3) is 0.350. The maximum Gasteiger partial charge on any atom is 0.191 e. The fourth-order valence-electron chi connectivity index (χ4n) is 2.65. The molecule has 0 bridgehead atoms. The number of rotatable bonds is 8. The molecule has 0 radical (unpaired) electrons. The predicted molar refractivity (Wildman–Crippen MR) is 123 cm³/mol. The lowest BCUT2D eigenvalue weighted by atomic mass is 10.1. The van der Waals surface area contributed by atoms with Crippen molar-refractivity contribution in [3.63, 3.8) is 0 Å². The van der Waals surface area contributed by atoms with Crippen LogP contribution in [0.25, 0.3) is 0 Å². The van der Waals surface area contributed by atoms with Crippen LogP contribution in [-0.4, -0.2) is 32.9 Å². The van der Waals surface area contributed by atoms with Gasteiger partial charge in [-0.1, -0.05) is 36.4 Å². The first-order chi connectivity index (χ1) is 12.7. The molecule has 2 rings (SSSR count). The van der Waals surface area contributed by atoms with Crippen LogP contribution in [0.1, 0.15) is 22.8 Å². The fourth-order valence-corrected chi connectivity index (χ4v) is 3.23. The highest BCUT2D eigenvalue weighted by Crippen LogP contribution is 2.17. The van der Waals surface area contributed by atoms with Gasteiger partial charge in [0.1, 0.15) is 5.82 Å². The van der Waals surface area contributed by atoms with Crippen molar-refractivity contribution < 1.29 is 9.13 Å². The molecule has 0 fully saturated rings. The molecule has 0 spiro atoms. The lowest BCUT2D eigenvalue weighted by Gasteiger charge is -2.19. The first-order valence-corrected chi connectivity index (χ1v) is 9.85. The van der Waals surface area contributed by atoms with Crippen molar-refractivity contribution in [1.82, 2.24) is 10.6 Å². The third-order valence-electron chi connectivity index (χ3n) is 4.05. The second-order valence-electron chi connectivity index (χ2n) is 5.79. The Bertz CT molecular complexity index is 716. The SMILES string of the molecule is CN=C(NCc1ccc(F)cc1CSC)NCC(OC)c1ccccc1.I. The minimum absolute atomic E-state index is 0.